The molecule has 0 aromatic carbocycles. The van der Waals surface area contributed by atoms with E-state index < -0.39 is 0 Å². The molecule has 0 saturated heterocycles. The highest BCUT2D eigenvalue weighted by Crippen LogP contribution is 2.39. The van der Waals surface area contributed by atoms with E-state index in [1.54, 1.807) is 6.26 Å². The van der Waals surface area contributed by atoms with Crippen LogP contribution in [0.2, 0.25) is 0 Å². The van der Waals surface area contributed by atoms with Gasteiger partial charge in [0.25, 0.3) is 0 Å². The minimum atomic E-state index is 0.535. The molecular weight excluding hydrogens is 296 g/mol. The molecule has 1 nitrogen and oxygen atoms in total. The van der Waals surface area contributed by atoms with Crippen molar-refractivity contribution in [2.24, 2.45) is 5.41 Å². The van der Waals surface area contributed by atoms with Gasteiger partial charge in [-0.05, 0) is 30.4 Å². The molecule has 0 bridgehead atoms. The molecule has 0 N–H and O–H groups in total. The summed E-state index contributed by atoms with van der Waals surface area (Å²) in [4.78, 5) is 0. The summed E-state index contributed by atoms with van der Waals surface area (Å²) in [5.41, 5.74) is 0.535. The van der Waals surface area contributed by atoms with Gasteiger partial charge in [-0.3, -0.25) is 0 Å². The molecular formula is C14H21BrOS. The molecule has 1 fully saturated rings. The molecule has 0 amide bonds. The Bertz CT molecular complexity index is 302. The first-order valence-corrected chi connectivity index (χ1v) is 8.78. The number of furan rings is 1. The summed E-state index contributed by atoms with van der Waals surface area (Å²) in [6.07, 6.45) is 10.2. The second-order valence-corrected chi connectivity index (χ2v) is 6.67. The Labute approximate surface area is 117 Å². The molecule has 0 unspecified atom stereocenters. The monoisotopic (exact) mass is 316 g/mol. The lowest BCUT2D eigenvalue weighted by Crippen LogP contribution is -2.25. The highest BCUT2D eigenvalue weighted by Gasteiger charge is 2.29. The third-order valence-electron chi connectivity index (χ3n) is 3.68. The van der Waals surface area contributed by atoms with Gasteiger partial charge in [0.1, 0.15) is 5.76 Å². The molecule has 2 rings (SSSR count). The summed E-state index contributed by atoms with van der Waals surface area (Å²) in [5.74, 6) is 3.38. The average molecular weight is 317 g/mol. The summed E-state index contributed by atoms with van der Waals surface area (Å²) in [6.45, 7) is 0. The molecule has 17 heavy (non-hydrogen) atoms. The molecule has 0 spiro atoms. The van der Waals surface area contributed by atoms with Crippen LogP contribution in [-0.4, -0.2) is 11.1 Å². The number of halogens is 1. The van der Waals surface area contributed by atoms with Gasteiger partial charge < -0.3 is 4.42 Å². The fourth-order valence-corrected chi connectivity index (χ4v) is 4.87. The number of rotatable bonds is 5. The van der Waals surface area contributed by atoms with Crippen molar-refractivity contribution < 1.29 is 4.42 Å². The predicted molar refractivity (Wildman–Crippen MR) is 78.8 cm³/mol. The third kappa shape index (κ3) is 4.06. The third-order valence-corrected chi connectivity index (χ3v) is 6.17. The van der Waals surface area contributed by atoms with Gasteiger partial charge in [-0.1, -0.05) is 41.6 Å². The van der Waals surface area contributed by atoms with E-state index in [2.05, 4.69) is 22.0 Å². The van der Waals surface area contributed by atoms with Crippen molar-refractivity contribution in [1.82, 2.24) is 0 Å². The van der Waals surface area contributed by atoms with Crippen LogP contribution in [0.15, 0.2) is 22.8 Å². The van der Waals surface area contributed by atoms with Gasteiger partial charge in [0.15, 0.2) is 0 Å². The van der Waals surface area contributed by atoms with Crippen molar-refractivity contribution in [3.05, 3.63) is 24.2 Å². The fraction of sp³-hybridized carbons (Fsp3) is 0.714. The van der Waals surface area contributed by atoms with Crippen LogP contribution in [0.25, 0.3) is 0 Å². The Hall–Kier alpha value is 0.110. The zero-order valence-electron chi connectivity index (χ0n) is 10.3. The largest absolute Gasteiger partial charge is 0.468 e. The molecule has 96 valence electrons. The zero-order chi connectivity index (χ0) is 12.0. The van der Waals surface area contributed by atoms with Crippen molar-refractivity contribution >= 4 is 27.7 Å². The molecule has 1 heterocycles. The Balaban J connectivity index is 1.81. The van der Waals surface area contributed by atoms with Crippen molar-refractivity contribution in [1.29, 1.82) is 0 Å². The quantitative estimate of drug-likeness (QED) is 0.543. The Kier molecular flexibility index (Phi) is 5.49. The SMILES string of the molecule is BrCC1(CSCc2ccco2)CCCCCC1. The average Bonchev–Trinajstić information content (AvgIpc) is 2.75. The highest BCUT2D eigenvalue weighted by molar-refractivity contribution is 9.09. The van der Waals surface area contributed by atoms with Gasteiger partial charge in [-0.2, -0.15) is 11.8 Å². The van der Waals surface area contributed by atoms with Gasteiger partial charge in [-0.25, -0.2) is 0 Å². The highest BCUT2D eigenvalue weighted by atomic mass is 79.9. The molecule has 1 aromatic heterocycles. The van der Waals surface area contributed by atoms with E-state index in [-0.39, 0.29) is 0 Å². The molecule has 1 aliphatic rings. The van der Waals surface area contributed by atoms with Gasteiger partial charge >= 0.3 is 0 Å². The van der Waals surface area contributed by atoms with E-state index in [4.69, 9.17) is 4.42 Å². The summed E-state index contributed by atoms with van der Waals surface area (Å²) >= 11 is 5.77. The van der Waals surface area contributed by atoms with Crippen LogP contribution in [0.1, 0.15) is 44.3 Å². The normalized spacial score (nSPS) is 20.1. The van der Waals surface area contributed by atoms with Crippen LogP contribution in [0.5, 0.6) is 0 Å². The minimum absolute atomic E-state index is 0.535. The van der Waals surface area contributed by atoms with Gasteiger partial charge in [0, 0.05) is 11.1 Å². The van der Waals surface area contributed by atoms with Crippen molar-refractivity contribution in [2.75, 3.05) is 11.1 Å². The molecule has 1 aromatic rings. The van der Waals surface area contributed by atoms with E-state index in [1.165, 1.54) is 44.3 Å². The molecule has 0 aliphatic heterocycles. The first-order chi connectivity index (χ1) is 8.35. The number of alkyl halides is 1. The second-order valence-electron chi connectivity index (χ2n) is 5.12. The Morgan fingerprint density at radius 3 is 2.59 bits per heavy atom. The minimum Gasteiger partial charge on any atom is -0.468 e. The first-order valence-electron chi connectivity index (χ1n) is 6.51. The lowest BCUT2D eigenvalue weighted by Gasteiger charge is -2.30. The molecule has 0 atom stereocenters. The van der Waals surface area contributed by atoms with E-state index in [0.717, 1.165) is 16.8 Å². The number of thioether (sulfide) groups is 1. The van der Waals surface area contributed by atoms with Crippen LogP contribution in [0, 0.1) is 5.41 Å². The van der Waals surface area contributed by atoms with Crippen LogP contribution in [0.4, 0.5) is 0 Å². The lowest BCUT2D eigenvalue weighted by atomic mass is 9.85. The molecule has 1 saturated carbocycles. The van der Waals surface area contributed by atoms with Crippen LogP contribution < -0.4 is 0 Å². The van der Waals surface area contributed by atoms with Crippen molar-refractivity contribution in [3.8, 4) is 0 Å². The van der Waals surface area contributed by atoms with E-state index in [1.807, 2.05) is 17.8 Å². The second kappa shape index (κ2) is 6.89. The Morgan fingerprint density at radius 1 is 1.24 bits per heavy atom. The van der Waals surface area contributed by atoms with Crippen LogP contribution in [-0.2, 0) is 5.75 Å². The first kappa shape index (κ1) is 13.5. The van der Waals surface area contributed by atoms with Crippen LogP contribution in [0.3, 0.4) is 0 Å². The smallest absolute Gasteiger partial charge is 0.113 e. The van der Waals surface area contributed by atoms with Crippen LogP contribution >= 0.6 is 27.7 Å². The van der Waals surface area contributed by atoms with E-state index >= 15 is 0 Å². The summed E-state index contributed by atoms with van der Waals surface area (Å²) in [7, 11) is 0. The summed E-state index contributed by atoms with van der Waals surface area (Å²) in [6, 6.07) is 4.04. The van der Waals surface area contributed by atoms with Gasteiger partial charge in [-0.15, -0.1) is 0 Å². The number of hydrogen-bond donors (Lipinski definition) is 0. The predicted octanol–water partition coefficient (Wildman–Crippen LogP) is 5.25. The zero-order valence-corrected chi connectivity index (χ0v) is 12.7. The number of hydrogen-bond acceptors (Lipinski definition) is 2. The van der Waals surface area contributed by atoms with Gasteiger partial charge in [0.2, 0.25) is 0 Å². The molecule has 1 aliphatic carbocycles. The van der Waals surface area contributed by atoms with Crippen molar-refractivity contribution in [2.45, 2.75) is 44.3 Å². The van der Waals surface area contributed by atoms with Crippen molar-refractivity contribution in [3.63, 3.8) is 0 Å². The molecule has 0 radical (unpaired) electrons. The standard InChI is InChI=1S/C14H21BrOS/c15-11-14(7-3-1-2-4-8-14)12-17-10-13-6-5-9-16-13/h5-6,9H,1-4,7-8,10-12H2. The fourth-order valence-electron chi connectivity index (χ4n) is 2.56. The maximum atomic E-state index is 5.38. The van der Waals surface area contributed by atoms with Gasteiger partial charge in [0.05, 0.1) is 12.0 Å². The maximum Gasteiger partial charge on any atom is 0.113 e. The summed E-state index contributed by atoms with van der Waals surface area (Å²) < 4.78 is 5.38. The molecule has 3 heteroatoms. The summed E-state index contributed by atoms with van der Waals surface area (Å²) in [5, 5.41) is 1.16. The Morgan fingerprint density at radius 2 is 2.00 bits per heavy atom. The van der Waals surface area contributed by atoms with E-state index in [0.29, 0.717) is 5.41 Å². The topological polar surface area (TPSA) is 13.1 Å². The lowest BCUT2D eigenvalue weighted by molar-refractivity contribution is 0.334. The maximum absolute atomic E-state index is 5.38. The van der Waals surface area contributed by atoms with E-state index in [9.17, 15) is 0 Å².